The minimum atomic E-state index is -0.611. The van der Waals surface area contributed by atoms with Gasteiger partial charge in [-0.3, -0.25) is 14.5 Å². The zero-order valence-electron chi connectivity index (χ0n) is 18.3. The van der Waals surface area contributed by atoms with Crippen LogP contribution in [0.2, 0.25) is 0 Å². The maximum absolute atomic E-state index is 13.2. The van der Waals surface area contributed by atoms with Gasteiger partial charge in [-0.25, -0.2) is 8.78 Å². The summed E-state index contributed by atoms with van der Waals surface area (Å²) in [6.07, 6.45) is 2.49. The van der Waals surface area contributed by atoms with Gasteiger partial charge in [0.2, 0.25) is 12.3 Å². The number of nitrogens with two attached hydrogens (primary N) is 1. The SMILES string of the molecule is CC(N)CN1CC2CC1C(=O)N2Cc1cc(F)cc(F)c1.C[C@H]1C2CC(C#N)N(C=O)C21. The second kappa shape index (κ2) is 8.75. The molecule has 0 radical (unpaired) electrons. The molecule has 0 aromatic heterocycles. The number of nitrogens with zero attached hydrogens (tertiary/aromatic N) is 4. The highest BCUT2D eigenvalue weighted by Gasteiger charge is 2.58. The molecule has 2 N–H and O–H groups in total. The minimum Gasteiger partial charge on any atom is -0.333 e. The second-order valence-electron chi connectivity index (χ2n) is 9.53. The summed E-state index contributed by atoms with van der Waals surface area (Å²) >= 11 is 0. The normalized spacial score (nSPS) is 33.4. The van der Waals surface area contributed by atoms with Crippen molar-refractivity contribution in [3.8, 4) is 6.07 Å². The summed E-state index contributed by atoms with van der Waals surface area (Å²) in [4.78, 5) is 28.4. The van der Waals surface area contributed by atoms with Gasteiger partial charge in [0.15, 0.2) is 0 Å². The molecule has 3 heterocycles. The van der Waals surface area contributed by atoms with Crippen LogP contribution in [0.15, 0.2) is 18.2 Å². The largest absolute Gasteiger partial charge is 0.333 e. The fraction of sp³-hybridized carbons (Fsp3) is 0.609. The predicted molar refractivity (Wildman–Crippen MR) is 113 cm³/mol. The topological polar surface area (TPSA) is 93.7 Å². The van der Waals surface area contributed by atoms with Crippen molar-refractivity contribution < 1.29 is 18.4 Å². The smallest absolute Gasteiger partial charge is 0.240 e. The molecule has 5 rings (SSSR count). The van der Waals surface area contributed by atoms with Crippen molar-refractivity contribution in [2.45, 2.75) is 63.4 Å². The molecule has 9 heteroatoms. The van der Waals surface area contributed by atoms with E-state index in [-0.39, 0.29) is 36.6 Å². The molecule has 3 aliphatic heterocycles. The zero-order chi connectivity index (χ0) is 23.2. The number of benzene rings is 1. The Bertz CT molecular complexity index is 915. The molecule has 2 amide bonds. The van der Waals surface area contributed by atoms with Crippen LogP contribution in [-0.4, -0.2) is 70.3 Å². The standard InChI is InChI=1S/C15H19F2N3O.C8H10N2O/c1-9(18)6-19-8-13-5-14(19)15(21)20(13)7-10-2-11(16)4-12(17)3-10;1-5-7-2-6(3-9)10(4-11)8(5)7/h2-4,9,13-14H,5-8,18H2,1H3;4-8H,2H2,1H3/t;5-,6?,7?,8?/m.0/s1. The summed E-state index contributed by atoms with van der Waals surface area (Å²) in [6.45, 7) is 5.81. The lowest BCUT2D eigenvalue weighted by Gasteiger charge is -2.34. The van der Waals surface area contributed by atoms with Gasteiger partial charge in [0.1, 0.15) is 17.7 Å². The lowest BCUT2D eigenvalue weighted by Crippen LogP contribution is -2.52. The number of hydrogen-bond donors (Lipinski definition) is 1. The third-order valence-corrected chi connectivity index (χ3v) is 7.17. The fourth-order valence-electron chi connectivity index (χ4n) is 5.63. The Morgan fingerprint density at radius 3 is 2.53 bits per heavy atom. The summed E-state index contributed by atoms with van der Waals surface area (Å²) < 4.78 is 26.5. The van der Waals surface area contributed by atoms with E-state index >= 15 is 0 Å². The van der Waals surface area contributed by atoms with Crippen LogP contribution in [0.1, 0.15) is 32.3 Å². The molecule has 172 valence electrons. The second-order valence-corrected chi connectivity index (χ2v) is 9.53. The van der Waals surface area contributed by atoms with Crippen LogP contribution in [0, 0.1) is 34.8 Å². The van der Waals surface area contributed by atoms with Gasteiger partial charge < -0.3 is 15.5 Å². The molecule has 1 aromatic carbocycles. The molecular weight excluding hydrogens is 416 g/mol. The van der Waals surface area contributed by atoms with Gasteiger partial charge in [-0.2, -0.15) is 5.26 Å². The van der Waals surface area contributed by atoms with E-state index in [0.29, 0.717) is 30.0 Å². The van der Waals surface area contributed by atoms with E-state index in [1.807, 2.05) is 6.92 Å². The Balaban J connectivity index is 0.000000186. The van der Waals surface area contributed by atoms with Crippen LogP contribution in [0.4, 0.5) is 8.78 Å². The van der Waals surface area contributed by atoms with Gasteiger partial charge in [0.05, 0.1) is 12.1 Å². The van der Waals surface area contributed by atoms with E-state index in [2.05, 4.69) is 17.9 Å². The quantitative estimate of drug-likeness (QED) is 0.693. The minimum absolute atomic E-state index is 0.0305. The highest BCUT2D eigenvalue weighted by molar-refractivity contribution is 5.85. The van der Waals surface area contributed by atoms with Gasteiger partial charge in [-0.1, -0.05) is 6.92 Å². The molecule has 2 bridgehead atoms. The van der Waals surface area contributed by atoms with Crippen LogP contribution in [0.25, 0.3) is 0 Å². The van der Waals surface area contributed by atoms with Gasteiger partial charge in [-0.05, 0) is 49.3 Å². The Kier molecular flexibility index (Phi) is 6.19. The van der Waals surface area contributed by atoms with Crippen LogP contribution < -0.4 is 5.73 Å². The maximum atomic E-state index is 13.2. The fourth-order valence-corrected chi connectivity index (χ4v) is 5.63. The van der Waals surface area contributed by atoms with Gasteiger partial charge in [-0.15, -0.1) is 0 Å². The average Bonchev–Trinajstić information content (AvgIpc) is 3.07. The van der Waals surface area contributed by atoms with E-state index in [9.17, 15) is 18.4 Å². The van der Waals surface area contributed by atoms with Crippen LogP contribution in [-0.2, 0) is 16.1 Å². The van der Waals surface area contributed by atoms with Crippen molar-refractivity contribution in [2.24, 2.45) is 17.6 Å². The van der Waals surface area contributed by atoms with Crippen molar-refractivity contribution in [1.82, 2.24) is 14.7 Å². The number of amides is 2. The van der Waals surface area contributed by atoms with E-state index in [1.54, 1.807) is 9.80 Å². The third-order valence-electron chi connectivity index (χ3n) is 7.17. The molecule has 1 aliphatic carbocycles. The Labute approximate surface area is 186 Å². The number of likely N-dealkylation sites (tertiary alicyclic amines) is 3. The highest BCUT2D eigenvalue weighted by Crippen LogP contribution is 2.52. The number of fused-ring (bicyclic) bond motifs is 3. The van der Waals surface area contributed by atoms with Crippen molar-refractivity contribution in [2.75, 3.05) is 13.1 Å². The predicted octanol–water partition coefficient (Wildman–Crippen LogP) is 1.47. The first kappa shape index (κ1) is 22.6. The lowest BCUT2D eigenvalue weighted by atomic mass is 10.1. The zero-order valence-corrected chi connectivity index (χ0v) is 18.3. The molecular formula is C23H29F2N5O2. The molecule has 1 aromatic rings. The molecule has 6 unspecified atom stereocenters. The van der Waals surface area contributed by atoms with Crippen LogP contribution >= 0.6 is 0 Å². The third kappa shape index (κ3) is 4.21. The Morgan fingerprint density at radius 1 is 1.28 bits per heavy atom. The van der Waals surface area contributed by atoms with Crippen molar-refractivity contribution in [1.29, 1.82) is 5.26 Å². The first-order chi connectivity index (χ1) is 15.2. The maximum Gasteiger partial charge on any atom is 0.240 e. The first-order valence-corrected chi connectivity index (χ1v) is 11.1. The van der Waals surface area contributed by atoms with Gasteiger partial charge in [0.25, 0.3) is 0 Å². The number of carbonyl (C=O) groups excluding carboxylic acids is 2. The average molecular weight is 446 g/mol. The van der Waals surface area contributed by atoms with Crippen LogP contribution in [0.5, 0.6) is 0 Å². The van der Waals surface area contributed by atoms with E-state index in [1.165, 1.54) is 12.1 Å². The van der Waals surface area contributed by atoms with E-state index in [0.717, 1.165) is 31.9 Å². The molecule has 4 aliphatic rings. The molecule has 4 fully saturated rings. The number of hydrogen-bond acceptors (Lipinski definition) is 5. The van der Waals surface area contributed by atoms with Gasteiger partial charge in [0, 0.05) is 43.8 Å². The van der Waals surface area contributed by atoms with E-state index in [4.69, 9.17) is 11.0 Å². The molecule has 0 spiro atoms. The van der Waals surface area contributed by atoms with Crippen molar-refractivity contribution in [3.63, 3.8) is 0 Å². The molecule has 32 heavy (non-hydrogen) atoms. The number of piperidine rings is 1. The van der Waals surface area contributed by atoms with Crippen molar-refractivity contribution in [3.05, 3.63) is 35.4 Å². The lowest BCUT2D eigenvalue weighted by molar-refractivity contribution is -0.137. The summed E-state index contributed by atoms with van der Waals surface area (Å²) in [7, 11) is 0. The number of rotatable bonds is 5. The summed E-state index contributed by atoms with van der Waals surface area (Å²) in [5, 5.41) is 8.64. The molecule has 3 saturated heterocycles. The summed E-state index contributed by atoms with van der Waals surface area (Å²) in [5.41, 5.74) is 6.28. The number of halogens is 2. The van der Waals surface area contributed by atoms with Gasteiger partial charge >= 0.3 is 0 Å². The number of piperazine rings is 1. The Hall–Kier alpha value is -2.57. The Morgan fingerprint density at radius 2 is 1.97 bits per heavy atom. The molecule has 1 saturated carbocycles. The molecule has 7 atom stereocenters. The van der Waals surface area contributed by atoms with E-state index < -0.39 is 11.6 Å². The monoisotopic (exact) mass is 445 g/mol. The van der Waals surface area contributed by atoms with Crippen molar-refractivity contribution >= 4 is 12.3 Å². The summed E-state index contributed by atoms with van der Waals surface area (Å²) in [6, 6.07) is 5.81. The highest BCUT2D eigenvalue weighted by atomic mass is 19.1. The van der Waals surface area contributed by atoms with Crippen LogP contribution in [0.3, 0.4) is 0 Å². The molecule has 7 nitrogen and oxygen atoms in total. The first-order valence-electron chi connectivity index (χ1n) is 11.1. The summed E-state index contributed by atoms with van der Waals surface area (Å²) in [5.74, 6) is 0.0620. The number of nitriles is 1. The number of carbonyl (C=O) groups is 2.